The van der Waals surface area contributed by atoms with Gasteiger partial charge in [-0.1, -0.05) is 23.4 Å². The van der Waals surface area contributed by atoms with Crippen LogP contribution in [0.1, 0.15) is 10.4 Å². The lowest BCUT2D eigenvalue weighted by Gasteiger charge is -2.07. The van der Waals surface area contributed by atoms with Gasteiger partial charge in [-0.15, -0.1) is 0 Å². The quantitative estimate of drug-likeness (QED) is 0.844. The molecule has 2 rings (SSSR count). The van der Waals surface area contributed by atoms with Crippen molar-refractivity contribution in [2.45, 2.75) is 9.24 Å². The molecule has 0 unspecified atom stereocenters. The Morgan fingerprint density at radius 2 is 2.29 bits per heavy atom. The van der Waals surface area contributed by atoms with Crippen molar-refractivity contribution in [3.63, 3.8) is 0 Å². The third kappa shape index (κ3) is 2.68. The summed E-state index contributed by atoms with van der Waals surface area (Å²) in [6.45, 7) is 0. The summed E-state index contributed by atoms with van der Waals surface area (Å²) in [6.07, 6.45) is 1.40. The van der Waals surface area contributed by atoms with E-state index in [0.29, 0.717) is 19.9 Å². The number of rotatable bonds is 3. The van der Waals surface area contributed by atoms with Gasteiger partial charge in [-0.05, 0) is 23.7 Å². The van der Waals surface area contributed by atoms with Crippen molar-refractivity contribution in [1.82, 2.24) is 9.36 Å². The van der Waals surface area contributed by atoms with Crippen LogP contribution in [-0.4, -0.2) is 20.4 Å². The maximum atomic E-state index is 11.1. The van der Waals surface area contributed by atoms with Gasteiger partial charge in [-0.2, -0.15) is 4.37 Å². The van der Waals surface area contributed by atoms with Gasteiger partial charge in [0.05, 0.1) is 10.6 Å². The molecule has 2 aromatic rings. The molecule has 1 aromatic heterocycles. The number of halogens is 1. The van der Waals surface area contributed by atoms with E-state index in [-0.39, 0.29) is 5.56 Å². The molecule has 3 N–H and O–H groups in total. The van der Waals surface area contributed by atoms with E-state index in [2.05, 4.69) is 9.36 Å². The van der Waals surface area contributed by atoms with E-state index < -0.39 is 5.97 Å². The van der Waals surface area contributed by atoms with Gasteiger partial charge in [0.2, 0.25) is 0 Å². The second-order valence-corrected chi connectivity index (χ2v) is 5.44. The number of nitrogens with zero attached hydrogens (tertiary/aromatic N) is 2. The average molecular weight is 288 g/mol. The number of carbonyl (C=O) groups is 1. The van der Waals surface area contributed by atoms with Crippen molar-refractivity contribution >= 4 is 46.6 Å². The standard InChI is InChI=1S/C9H6ClN3O2S2/c10-6-2-4(11)1-5(8(14)15)7(6)16-9-12-3-13-17-9/h1-3H,11H2,(H,14,15). The predicted molar refractivity (Wildman–Crippen MR) is 66.9 cm³/mol. The molecule has 0 aliphatic heterocycles. The number of hydrogen-bond acceptors (Lipinski definition) is 6. The van der Waals surface area contributed by atoms with E-state index in [0.717, 1.165) is 11.8 Å². The number of aromatic nitrogens is 2. The van der Waals surface area contributed by atoms with Crippen LogP contribution >= 0.6 is 34.9 Å². The summed E-state index contributed by atoms with van der Waals surface area (Å²) in [7, 11) is 0. The van der Waals surface area contributed by atoms with Crippen LogP contribution in [-0.2, 0) is 0 Å². The molecule has 8 heteroatoms. The van der Waals surface area contributed by atoms with Gasteiger partial charge < -0.3 is 10.8 Å². The molecular formula is C9H6ClN3O2S2. The van der Waals surface area contributed by atoms with Gasteiger partial charge in [-0.25, -0.2) is 9.78 Å². The molecule has 17 heavy (non-hydrogen) atoms. The lowest BCUT2D eigenvalue weighted by atomic mass is 10.2. The molecule has 1 heterocycles. The molecule has 5 nitrogen and oxygen atoms in total. The first-order valence-corrected chi connectivity index (χ1v) is 6.31. The highest BCUT2D eigenvalue weighted by atomic mass is 35.5. The Morgan fingerprint density at radius 3 is 2.88 bits per heavy atom. The van der Waals surface area contributed by atoms with Crippen LogP contribution in [0.4, 0.5) is 5.69 Å². The molecule has 1 aromatic carbocycles. The van der Waals surface area contributed by atoms with Crippen molar-refractivity contribution < 1.29 is 9.90 Å². The Hall–Kier alpha value is -1.31. The first kappa shape index (κ1) is 12.2. The molecule has 0 saturated heterocycles. The average Bonchev–Trinajstić information content (AvgIpc) is 2.74. The van der Waals surface area contributed by atoms with E-state index in [1.807, 2.05) is 0 Å². The number of anilines is 1. The molecule has 0 aliphatic carbocycles. The minimum Gasteiger partial charge on any atom is -0.478 e. The Kier molecular flexibility index (Phi) is 3.51. The number of benzene rings is 1. The number of nitrogen functional groups attached to an aromatic ring is 1. The highest BCUT2D eigenvalue weighted by Gasteiger charge is 2.17. The van der Waals surface area contributed by atoms with Crippen molar-refractivity contribution in [2.75, 3.05) is 5.73 Å². The van der Waals surface area contributed by atoms with Crippen molar-refractivity contribution in [3.8, 4) is 0 Å². The number of carboxylic acids is 1. The Bertz CT molecular complexity index is 560. The van der Waals surface area contributed by atoms with Gasteiger partial charge in [-0.3, -0.25) is 0 Å². The van der Waals surface area contributed by atoms with Crippen LogP contribution in [0.2, 0.25) is 5.02 Å². The molecule has 0 atom stereocenters. The van der Waals surface area contributed by atoms with Gasteiger partial charge in [0.15, 0.2) is 4.34 Å². The topological polar surface area (TPSA) is 89.1 Å². The third-order valence-corrected chi connectivity index (χ3v) is 4.10. The third-order valence-electron chi connectivity index (χ3n) is 1.83. The molecule has 0 fully saturated rings. The minimum absolute atomic E-state index is 0.0650. The lowest BCUT2D eigenvalue weighted by Crippen LogP contribution is -2.01. The zero-order chi connectivity index (χ0) is 12.4. The fourth-order valence-corrected chi connectivity index (χ4v) is 3.01. The van der Waals surface area contributed by atoms with Gasteiger partial charge >= 0.3 is 5.97 Å². The summed E-state index contributed by atoms with van der Waals surface area (Å²) in [4.78, 5) is 15.5. The largest absolute Gasteiger partial charge is 0.478 e. The monoisotopic (exact) mass is 287 g/mol. The summed E-state index contributed by atoms with van der Waals surface area (Å²) >= 11 is 8.32. The summed E-state index contributed by atoms with van der Waals surface area (Å²) < 4.78 is 4.46. The Balaban J connectivity index is 2.48. The van der Waals surface area contributed by atoms with Crippen LogP contribution in [0.3, 0.4) is 0 Å². The zero-order valence-electron chi connectivity index (χ0n) is 8.25. The van der Waals surface area contributed by atoms with E-state index in [1.165, 1.54) is 30.0 Å². The summed E-state index contributed by atoms with van der Waals surface area (Å²) in [5, 5.41) is 9.38. The maximum Gasteiger partial charge on any atom is 0.336 e. The summed E-state index contributed by atoms with van der Waals surface area (Å²) in [5.41, 5.74) is 5.94. The molecule has 0 aliphatic rings. The number of hydrogen-bond donors (Lipinski definition) is 2. The van der Waals surface area contributed by atoms with Gasteiger partial charge in [0, 0.05) is 10.6 Å². The van der Waals surface area contributed by atoms with E-state index in [4.69, 9.17) is 22.4 Å². The predicted octanol–water partition coefficient (Wildman–Crippen LogP) is 2.62. The van der Waals surface area contributed by atoms with Gasteiger partial charge in [0.25, 0.3) is 0 Å². The normalized spacial score (nSPS) is 10.4. The SMILES string of the molecule is Nc1cc(Cl)c(Sc2ncns2)c(C(=O)O)c1. The molecule has 0 bridgehead atoms. The molecule has 88 valence electrons. The van der Waals surface area contributed by atoms with E-state index >= 15 is 0 Å². The van der Waals surface area contributed by atoms with Crippen molar-refractivity contribution in [3.05, 3.63) is 29.0 Å². The molecule has 0 amide bonds. The Labute approximate surface area is 110 Å². The fraction of sp³-hybridized carbons (Fsp3) is 0. The molecule has 0 spiro atoms. The van der Waals surface area contributed by atoms with Crippen LogP contribution in [0, 0.1) is 0 Å². The smallest absolute Gasteiger partial charge is 0.336 e. The van der Waals surface area contributed by atoms with Crippen LogP contribution < -0.4 is 5.73 Å². The second kappa shape index (κ2) is 4.91. The van der Waals surface area contributed by atoms with E-state index in [9.17, 15) is 4.79 Å². The van der Waals surface area contributed by atoms with E-state index in [1.54, 1.807) is 0 Å². The summed E-state index contributed by atoms with van der Waals surface area (Å²) in [5.74, 6) is -1.08. The highest BCUT2D eigenvalue weighted by Crippen LogP contribution is 2.37. The number of aromatic carboxylic acids is 1. The maximum absolute atomic E-state index is 11.1. The fourth-order valence-electron chi connectivity index (χ4n) is 1.17. The molecule has 0 saturated carbocycles. The molecular weight excluding hydrogens is 282 g/mol. The first-order valence-electron chi connectivity index (χ1n) is 4.35. The minimum atomic E-state index is -1.08. The number of carboxylic acid groups (broad SMARTS) is 1. The van der Waals surface area contributed by atoms with Gasteiger partial charge in [0.1, 0.15) is 6.33 Å². The van der Waals surface area contributed by atoms with Crippen molar-refractivity contribution in [1.29, 1.82) is 0 Å². The summed E-state index contributed by atoms with van der Waals surface area (Å²) in [6, 6.07) is 2.88. The first-order chi connectivity index (χ1) is 8.08. The van der Waals surface area contributed by atoms with Crippen LogP contribution in [0.25, 0.3) is 0 Å². The van der Waals surface area contributed by atoms with Crippen LogP contribution in [0.5, 0.6) is 0 Å². The zero-order valence-corrected chi connectivity index (χ0v) is 10.6. The lowest BCUT2D eigenvalue weighted by molar-refractivity contribution is 0.0693. The molecule has 0 radical (unpaired) electrons. The van der Waals surface area contributed by atoms with Crippen LogP contribution in [0.15, 0.2) is 27.7 Å². The number of nitrogens with two attached hydrogens (primary N) is 1. The second-order valence-electron chi connectivity index (χ2n) is 2.99. The Morgan fingerprint density at radius 1 is 1.53 bits per heavy atom. The van der Waals surface area contributed by atoms with Crippen molar-refractivity contribution in [2.24, 2.45) is 0 Å². The highest BCUT2D eigenvalue weighted by molar-refractivity contribution is 8.01.